The van der Waals surface area contributed by atoms with Crippen LogP contribution in [0.4, 0.5) is 0 Å². The average molecular weight is 194 g/mol. The molecule has 1 atom stereocenters. The Kier molecular flexibility index (Phi) is 4.44. The van der Waals surface area contributed by atoms with E-state index >= 15 is 0 Å². The molecular weight excluding hydrogens is 172 g/mol. The molecule has 2 heteroatoms. The van der Waals surface area contributed by atoms with Crippen LogP contribution < -0.4 is 5.32 Å². The van der Waals surface area contributed by atoms with Crippen LogP contribution in [0.5, 0.6) is 0 Å². The van der Waals surface area contributed by atoms with Crippen LogP contribution in [0, 0.1) is 17.8 Å². The zero-order valence-corrected chi connectivity index (χ0v) is 9.47. The average Bonchev–Trinajstić information content (AvgIpc) is 2.53. The molecule has 1 heterocycles. The van der Waals surface area contributed by atoms with Gasteiger partial charge in [0.25, 0.3) is 0 Å². The van der Waals surface area contributed by atoms with E-state index in [-0.39, 0.29) is 0 Å². The van der Waals surface area contributed by atoms with Gasteiger partial charge in [-0.1, -0.05) is 19.8 Å². The Morgan fingerprint density at radius 2 is 2.36 bits per heavy atom. The smallest absolute Gasteiger partial charge is 0.0599 e. The molecule has 0 spiro atoms. The van der Waals surface area contributed by atoms with Gasteiger partial charge in [0.1, 0.15) is 0 Å². The summed E-state index contributed by atoms with van der Waals surface area (Å²) in [5, 5.41) is 3.42. The predicted molar refractivity (Wildman–Crippen MR) is 61.2 cm³/mol. The molecule has 0 amide bonds. The molecule has 0 aromatic rings. The van der Waals surface area contributed by atoms with Crippen LogP contribution >= 0.6 is 0 Å². The minimum atomic E-state index is 0.437. The molecule has 1 unspecified atom stereocenters. The first kappa shape index (κ1) is 11.6. The van der Waals surface area contributed by atoms with E-state index in [1.807, 2.05) is 0 Å². The molecule has 0 aromatic heterocycles. The number of nitrogens with zero attached hydrogens (tertiary/aromatic N) is 1. The third kappa shape index (κ3) is 3.32. The molecule has 0 aliphatic carbocycles. The van der Waals surface area contributed by atoms with Gasteiger partial charge >= 0.3 is 0 Å². The SMILES string of the molecule is C#CCN(CCC)CC1(C)CCNC1. The third-order valence-corrected chi connectivity index (χ3v) is 2.92. The lowest BCUT2D eigenvalue weighted by molar-refractivity contribution is 0.195. The zero-order valence-electron chi connectivity index (χ0n) is 9.47. The van der Waals surface area contributed by atoms with Crippen LogP contribution in [-0.2, 0) is 0 Å². The predicted octanol–water partition coefficient (Wildman–Crippen LogP) is 1.33. The lowest BCUT2D eigenvalue weighted by Crippen LogP contribution is -2.38. The number of rotatable bonds is 5. The third-order valence-electron chi connectivity index (χ3n) is 2.92. The summed E-state index contributed by atoms with van der Waals surface area (Å²) in [5.41, 5.74) is 0.437. The second-order valence-electron chi connectivity index (χ2n) is 4.65. The highest BCUT2D eigenvalue weighted by Crippen LogP contribution is 2.25. The number of nitrogens with one attached hydrogen (secondary N) is 1. The van der Waals surface area contributed by atoms with Crippen LogP contribution in [-0.4, -0.2) is 37.6 Å². The molecule has 1 aliphatic heterocycles. The minimum absolute atomic E-state index is 0.437. The lowest BCUT2D eigenvalue weighted by atomic mass is 9.89. The van der Waals surface area contributed by atoms with Crippen molar-refractivity contribution in [2.24, 2.45) is 5.41 Å². The summed E-state index contributed by atoms with van der Waals surface area (Å²) in [5.74, 6) is 2.75. The topological polar surface area (TPSA) is 15.3 Å². The van der Waals surface area contributed by atoms with Crippen molar-refractivity contribution >= 4 is 0 Å². The second-order valence-corrected chi connectivity index (χ2v) is 4.65. The first-order valence-corrected chi connectivity index (χ1v) is 5.57. The van der Waals surface area contributed by atoms with E-state index in [2.05, 4.69) is 30.0 Å². The Balaban J connectivity index is 2.41. The van der Waals surface area contributed by atoms with Crippen molar-refractivity contribution in [3.05, 3.63) is 0 Å². The monoisotopic (exact) mass is 194 g/mol. The van der Waals surface area contributed by atoms with Gasteiger partial charge in [-0.2, -0.15) is 0 Å². The van der Waals surface area contributed by atoms with Gasteiger partial charge in [0.05, 0.1) is 6.54 Å². The van der Waals surface area contributed by atoms with Gasteiger partial charge in [0.15, 0.2) is 0 Å². The molecule has 0 bridgehead atoms. The summed E-state index contributed by atoms with van der Waals surface area (Å²) in [4.78, 5) is 2.40. The highest BCUT2D eigenvalue weighted by atomic mass is 15.1. The summed E-state index contributed by atoms with van der Waals surface area (Å²) in [6, 6.07) is 0. The molecule has 80 valence electrons. The van der Waals surface area contributed by atoms with Crippen LogP contribution in [0.1, 0.15) is 26.7 Å². The van der Waals surface area contributed by atoms with Gasteiger partial charge in [-0.3, -0.25) is 4.90 Å². The van der Waals surface area contributed by atoms with Crippen LogP contribution in [0.25, 0.3) is 0 Å². The van der Waals surface area contributed by atoms with Crippen molar-refractivity contribution in [1.82, 2.24) is 10.2 Å². The summed E-state index contributed by atoms with van der Waals surface area (Å²) in [6.45, 7) is 9.91. The Bertz CT molecular complexity index is 199. The van der Waals surface area contributed by atoms with Crippen molar-refractivity contribution in [2.75, 3.05) is 32.7 Å². The maximum Gasteiger partial charge on any atom is 0.0599 e. The van der Waals surface area contributed by atoms with E-state index < -0.39 is 0 Å². The summed E-state index contributed by atoms with van der Waals surface area (Å²) in [7, 11) is 0. The lowest BCUT2D eigenvalue weighted by Gasteiger charge is -2.30. The van der Waals surface area contributed by atoms with E-state index in [0.717, 1.165) is 32.7 Å². The fourth-order valence-electron chi connectivity index (χ4n) is 2.20. The number of hydrogen-bond acceptors (Lipinski definition) is 2. The zero-order chi connectivity index (χ0) is 10.4. The number of hydrogen-bond donors (Lipinski definition) is 1. The van der Waals surface area contributed by atoms with Gasteiger partial charge in [0, 0.05) is 13.1 Å². The molecule has 1 fully saturated rings. The Morgan fingerprint density at radius 1 is 1.57 bits per heavy atom. The van der Waals surface area contributed by atoms with E-state index in [4.69, 9.17) is 6.42 Å². The van der Waals surface area contributed by atoms with Crippen molar-refractivity contribution in [2.45, 2.75) is 26.7 Å². The van der Waals surface area contributed by atoms with Gasteiger partial charge in [-0.15, -0.1) is 6.42 Å². The van der Waals surface area contributed by atoms with Gasteiger partial charge in [-0.25, -0.2) is 0 Å². The van der Waals surface area contributed by atoms with E-state index in [1.54, 1.807) is 0 Å². The van der Waals surface area contributed by atoms with Crippen molar-refractivity contribution in [3.63, 3.8) is 0 Å². The fourth-order valence-corrected chi connectivity index (χ4v) is 2.20. The van der Waals surface area contributed by atoms with Crippen LogP contribution in [0.3, 0.4) is 0 Å². The largest absolute Gasteiger partial charge is 0.316 e. The van der Waals surface area contributed by atoms with Crippen LogP contribution in [0.2, 0.25) is 0 Å². The Labute approximate surface area is 88.1 Å². The molecule has 14 heavy (non-hydrogen) atoms. The van der Waals surface area contributed by atoms with Gasteiger partial charge in [-0.05, 0) is 31.3 Å². The highest BCUT2D eigenvalue weighted by molar-refractivity contribution is 4.92. The Morgan fingerprint density at radius 3 is 2.86 bits per heavy atom. The van der Waals surface area contributed by atoms with Crippen molar-refractivity contribution in [1.29, 1.82) is 0 Å². The minimum Gasteiger partial charge on any atom is -0.316 e. The van der Waals surface area contributed by atoms with E-state index in [9.17, 15) is 0 Å². The highest BCUT2D eigenvalue weighted by Gasteiger charge is 2.30. The quantitative estimate of drug-likeness (QED) is 0.664. The maximum absolute atomic E-state index is 5.37. The summed E-state index contributed by atoms with van der Waals surface area (Å²) in [6.07, 6.45) is 7.83. The fraction of sp³-hybridized carbons (Fsp3) is 0.833. The van der Waals surface area contributed by atoms with Gasteiger partial charge in [0.2, 0.25) is 0 Å². The normalized spacial score (nSPS) is 26.7. The first-order valence-electron chi connectivity index (χ1n) is 5.57. The first-order chi connectivity index (χ1) is 6.70. The molecule has 1 saturated heterocycles. The molecule has 0 radical (unpaired) electrons. The Hall–Kier alpha value is -0.520. The van der Waals surface area contributed by atoms with E-state index in [0.29, 0.717) is 5.41 Å². The van der Waals surface area contributed by atoms with Crippen LogP contribution in [0.15, 0.2) is 0 Å². The molecule has 0 saturated carbocycles. The molecule has 0 aromatic carbocycles. The summed E-state index contributed by atoms with van der Waals surface area (Å²) < 4.78 is 0. The molecule has 1 rings (SSSR count). The molecule has 1 N–H and O–H groups in total. The van der Waals surface area contributed by atoms with Crippen molar-refractivity contribution in [3.8, 4) is 12.3 Å². The van der Waals surface area contributed by atoms with Crippen molar-refractivity contribution < 1.29 is 0 Å². The van der Waals surface area contributed by atoms with Gasteiger partial charge < -0.3 is 5.32 Å². The summed E-state index contributed by atoms with van der Waals surface area (Å²) >= 11 is 0. The molecular formula is C12H22N2. The maximum atomic E-state index is 5.37. The standard InChI is InChI=1S/C12H22N2/c1-4-8-14(9-5-2)11-12(3)6-7-13-10-12/h1,13H,5-11H2,2-3H3. The van der Waals surface area contributed by atoms with E-state index in [1.165, 1.54) is 12.8 Å². The molecule has 1 aliphatic rings. The second kappa shape index (κ2) is 5.38. The molecule has 2 nitrogen and oxygen atoms in total. The number of terminal acetylenes is 1.